The van der Waals surface area contributed by atoms with Crippen molar-refractivity contribution in [3.63, 3.8) is 0 Å². The van der Waals surface area contributed by atoms with Crippen LogP contribution in [-0.2, 0) is 21.2 Å². The molecule has 2 saturated heterocycles. The molecule has 2 aromatic rings. The van der Waals surface area contributed by atoms with Crippen LogP contribution < -0.4 is 4.90 Å². The first-order valence-corrected chi connectivity index (χ1v) is 10.8. The molecule has 1 aromatic heterocycles. The second-order valence-corrected chi connectivity index (χ2v) is 8.81. The summed E-state index contributed by atoms with van der Waals surface area (Å²) in [5, 5.41) is 0. The summed E-state index contributed by atoms with van der Waals surface area (Å²) < 4.78 is 48.6. The van der Waals surface area contributed by atoms with Gasteiger partial charge in [0.25, 0.3) is 0 Å². The number of anilines is 1. The molecule has 1 spiro atoms. The zero-order chi connectivity index (χ0) is 19.8. The van der Waals surface area contributed by atoms with Gasteiger partial charge in [0.15, 0.2) is 11.9 Å². The number of piperidine rings is 1. The molecule has 4 rings (SSSR count). The smallest absolute Gasteiger partial charge is 0.245 e. The fourth-order valence-corrected chi connectivity index (χ4v) is 5.58. The van der Waals surface area contributed by atoms with Gasteiger partial charge in [-0.1, -0.05) is 25.1 Å². The molecule has 2 atom stereocenters. The molecule has 150 valence electrons. The zero-order valence-corrected chi connectivity index (χ0v) is 16.5. The van der Waals surface area contributed by atoms with Crippen LogP contribution in [0.2, 0.25) is 0 Å². The third-order valence-corrected chi connectivity index (χ3v) is 7.30. The number of alkyl halides is 1. The monoisotopic (exact) mass is 406 g/mol. The Morgan fingerprint density at radius 1 is 1.25 bits per heavy atom. The molecule has 0 bridgehead atoms. The summed E-state index contributed by atoms with van der Waals surface area (Å²) in [5.41, 5.74) is -0.598. The molecule has 2 fully saturated rings. The predicted octanol–water partition coefficient (Wildman–Crippen LogP) is 2.00. The van der Waals surface area contributed by atoms with Crippen LogP contribution in [0.3, 0.4) is 0 Å². The van der Waals surface area contributed by atoms with Crippen LogP contribution >= 0.6 is 0 Å². The van der Waals surface area contributed by atoms with Crippen molar-refractivity contribution in [2.75, 3.05) is 31.1 Å². The molecule has 3 heterocycles. The largest absolute Gasteiger partial charge is 0.355 e. The summed E-state index contributed by atoms with van der Waals surface area (Å²) in [4.78, 5) is 10.6. The number of hydrogen-bond donors (Lipinski definition) is 0. The van der Waals surface area contributed by atoms with Crippen LogP contribution in [0.25, 0.3) is 0 Å². The molecule has 0 aliphatic carbocycles. The molecule has 28 heavy (non-hydrogen) atoms. The number of aryl methyl sites for hydroxylation is 1. The summed E-state index contributed by atoms with van der Waals surface area (Å²) >= 11 is 0. The van der Waals surface area contributed by atoms with E-state index in [1.165, 1.54) is 16.4 Å². The normalized spacial score (nSPS) is 26.1. The second-order valence-electron chi connectivity index (χ2n) is 6.95. The van der Waals surface area contributed by atoms with E-state index in [0.29, 0.717) is 12.5 Å². The van der Waals surface area contributed by atoms with E-state index >= 15 is 4.39 Å². The van der Waals surface area contributed by atoms with Crippen molar-refractivity contribution >= 4 is 16.0 Å². The average Bonchev–Trinajstić information content (AvgIpc) is 3.16. The second kappa shape index (κ2) is 7.38. The zero-order valence-electron chi connectivity index (χ0n) is 15.7. The highest BCUT2D eigenvalue weighted by Crippen LogP contribution is 2.40. The Morgan fingerprint density at radius 3 is 2.75 bits per heavy atom. The van der Waals surface area contributed by atoms with Crippen molar-refractivity contribution in [2.45, 2.75) is 36.6 Å². The van der Waals surface area contributed by atoms with E-state index in [4.69, 9.17) is 4.74 Å². The molecule has 1 aromatic carbocycles. The summed E-state index contributed by atoms with van der Waals surface area (Å²) in [6, 6.07) is 9.93. The van der Waals surface area contributed by atoms with E-state index in [9.17, 15) is 8.42 Å². The molecule has 1 unspecified atom stereocenters. The van der Waals surface area contributed by atoms with E-state index in [-0.39, 0.29) is 31.0 Å². The maximum Gasteiger partial charge on any atom is 0.245 e. The van der Waals surface area contributed by atoms with Gasteiger partial charge in [-0.05, 0) is 24.6 Å². The standard InChI is InChI=1S/C19H23FN4O3S/c1-2-15-8-10-21-18(22-15)23-11-9-19(17(20)14-23)24(12-13-27-19)28(25,26)16-6-4-3-5-7-16/h3-8,10,17H,2,9,11-14H2,1H3/t17-,19?/m1/s1. The molecular formula is C19H23FN4O3S. The molecular weight excluding hydrogens is 383 g/mol. The van der Waals surface area contributed by atoms with E-state index in [0.717, 1.165) is 12.1 Å². The number of rotatable bonds is 4. The fraction of sp³-hybridized carbons (Fsp3) is 0.474. The Kier molecular flexibility index (Phi) is 5.07. The Labute approximate surface area is 164 Å². The summed E-state index contributed by atoms with van der Waals surface area (Å²) in [6.45, 7) is 2.70. The van der Waals surface area contributed by atoms with Crippen molar-refractivity contribution in [1.82, 2.24) is 14.3 Å². The highest BCUT2D eigenvalue weighted by Gasteiger charge is 2.57. The third kappa shape index (κ3) is 3.17. The first-order chi connectivity index (χ1) is 13.5. The highest BCUT2D eigenvalue weighted by molar-refractivity contribution is 7.89. The molecule has 2 aliphatic heterocycles. The molecule has 0 radical (unpaired) electrons. The van der Waals surface area contributed by atoms with Gasteiger partial charge in [-0.3, -0.25) is 0 Å². The lowest BCUT2D eigenvalue weighted by atomic mass is 9.99. The molecule has 2 aliphatic rings. The molecule has 0 amide bonds. The van der Waals surface area contributed by atoms with Crippen molar-refractivity contribution in [3.8, 4) is 0 Å². The van der Waals surface area contributed by atoms with E-state index in [2.05, 4.69) is 9.97 Å². The maximum atomic E-state index is 15.4. The Hall–Kier alpha value is -2.10. The van der Waals surface area contributed by atoms with Gasteiger partial charge in [-0.2, -0.15) is 4.31 Å². The van der Waals surface area contributed by atoms with Gasteiger partial charge in [0.2, 0.25) is 16.0 Å². The molecule has 7 nitrogen and oxygen atoms in total. The SMILES string of the molecule is CCc1ccnc(N2CCC3(OCCN3S(=O)(=O)c3ccccc3)[C@H](F)C2)n1. The van der Waals surface area contributed by atoms with Crippen molar-refractivity contribution in [1.29, 1.82) is 0 Å². The van der Waals surface area contributed by atoms with Gasteiger partial charge >= 0.3 is 0 Å². The van der Waals surface area contributed by atoms with Gasteiger partial charge in [0, 0.05) is 31.4 Å². The lowest BCUT2D eigenvalue weighted by Crippen LogP contribution is -2.62. The summed E-state index contributed by atoms with van der Waals surface area (Å²) in [5.74, 6) is 0.465. The number of benzene rings is 1. The third-order valence-electron chi connectivity index (χ3n) is 5.36. The van der Waals surface area contributed by atoms with Crippen molar-refractivity contribution in [2.24, 2.45) is 0 Å². The average molecular weight is 406 g/mol. The molecule has 0 N–H and O–H groups in total. The van der Waals surface area contributed by atoms with Crippen LogP contribution in [0, 0.1) is 0 Å². The molecule has 9 heteroatoms. The number of nitrogens with zero attached hydrogens (tertiary/aromatic N) is 4. The lowest BCUT2D eigenvalue weighted by Gasteiger charge is -2.44. The number of halogens is 1. The number of sulfonamides is 1. The minimum atomic E-state index is -3.85. The van der Waals surface area contributed by atoms with E-state index in [1.54, 1.807) is 29.3 Å². The van der Waals surface area contributed by atoms with Gasteiger partial charge in [-0.25, -0.2) is 22.8 Å². The van der Waals surface area contributed by atoms with Gasteiger partial charge in [0.1, 0.15) is 0 Å². The maximum absolute atomic E-state index is 15.4. The number of ether oxygens (including phenoxy) is 1. The van der Waals surface area contributed by atoms with E-state index in [1.807, 2.05) is 13.0 Å². The van der Waals surface area contributed by atoms with Gasteiger partial charge in [0.05, 0.1) is 18.0 Å². The van der Waals surface area contributed by atoms with Gasteiger partial charge < -0.3 is 9.64 Å². The van der Waals surface area contributed by atoms with Crippen LogP contribution in [-0.4, -0.2) is 60.8 Å². The topological polar surface area (TPSA) is 75.6 Å². The van der Waals surface area contributed by atoms with Crippen LogP contribution in [0.4, 0.5) is 10.3 Å². The predicted molar refractivity (Wildman–Crippen MR) is 102 cm³/mol. The first kappa shape index (κ1) is 19.2. The Morgan fingerprint density at radius 2 is 2.04 bits per heavy atom. The number of aromatic nitrogens is 2. The minimum Gasteiger partial charge on any atom is -0.355 e. The summed E-state index contributed by atoms with van der Waals surface area (Å²) in [7, 11) is -3.85. The lowest BCUT2D eigenvalue weighted by molar-refractivity contribution is -0.116. The minimum absolute atomic E-state index is 0.0199. The van der Waals surface area contributed by atoms with Crippen molar-refractivity contribution < 1.29 is 17.5 Å². The highest BCUT2D eigenvalue weighted by atomic mass is 32.2. The van der Waals surface area contributed by atoms with Gasteiger partial charge in [-0.15, -0.1) is 0 Å². The van der Waals surface area contributed by atoms with Crippen LogP contribution in [0.5, 0.6) is 0 Å². The van der Waals surface area contributed by atoms with Crippen molar-refractivity contribution in [3.05, 3.63) is 48.3 Å². The van der Waals surface area contributed by atoms with Crippen LogP contribution in [0.1, 0.15) is 19.0 Å². The Balaban J connectivity index is 1.60. The fourth-order valence-electron chi connectivity index (χ4n) is 3.85. The number of hydrogen-bond acceptors (Lipinski definition) is 6. The van der Waals surface area contributed by atoms with Crippen LogP contribution in [0.15, 0.2) is 47.5 Å². The molecule has 0 saturated carbocycles. The quantitative estimate of drug-likeness (QED) is 0.773. The summed E-state index contributed by atoms with van der Waals surface area (Å²) in [6.07, 6.45) is 1.12. The Bertz CT molecular complexity index is 943. The first-order valence-electron chi connectivity index (χ1n) is 9.40. The van der Waals surface area contributed by atoms with E-state index < -0.39 is 21.9 Å².